The third-order valence-electron chi connectivity index (χ3n) is 3.48. The molecular weight excluding hydrogens is 252 g/mol. The predicted molar refractivity (Wildman–Crippen MR) is 80.9 cm³/mol. The Morgan fingerprint density at radius 1 is 1.15 bits per heavy atom. The maximum atomic E-state index is 4.56. The summed E-state index contributed by atoms with van der Waals surface area (Å²) in [6, 6.07) is 0. The molecule has 1 aliphatic heterocycles. The average molecular weight is 278 g/mol. The van der Waals surface area contributed by atoms with Crippen LogP contribution in [0.1, 0.15) is 44.8 Å². The topological polar surface area (TPSA) is 67.1 Å². The van der Waals surface area contributed by atoms with Crippen LogP contribution in [0.25, 0.3) is 0 Å². The van der Waals surface area contributed by atoms with E-state index in [1.54, 1.807) is 0 Å². The summed E-state index contributed by atoms with van der Waals surface area (Å²) in [7, 11) is 0. The van der Waals surface area contributed by atoms with E-state index in [2.05, 4.69) is 44.2 Å². The highest BCUT2D eigenvalue weighted by molar-refractivity contribution is 5.79. The smallest absolute Gasteiger partial charge is 0.191 e. The molecule has 0 spiro atoms. The molecule has 1 aliphatic rings. The number of guanidine groups is 1. The van der Waals surface area contributed by atoms with Gasteiger partial charge in [0, 0.05) is 39.0 Å². The molecule has 2 N–H and O–H groups in total. The monoisotopic (exact) mass is 278 g/mol. The molecular formula is C14H26N6. The van der Waals surface area contributed by atoms with Gasteiger partial charge in [-0.3, -0.25) is 4.99 Å². The fourth-order valence-corrected chi connectivity index (χ4v) is 2.51. The number of aryl methyl sites for hydroxylation is 1. The lowest BCUT2D eigenvalue weighted by molar-refractivity contribution is 0.604. The Hall–Kier alpha value is -1.59. The lowest BCUT2D eigenvalue weighted by Gasteiger charge is -2.09. The second kappa shape index (κ2) is 7.87. The van der Waals surface area contributed by atoms with E-state index < -0.39 is 0 Å². The number of aliphatic imine (C=N–C) groups is 1. The van der Waals surface area contributed by atoms with E-state index in [-0.39, 0.29) is 0 Å². The number of hydrogen-bond acceptors (Lipinski definition) is 3. The van der Waals surface area contributed by atoms with Crippen molar-refractivity contribution in [2.24, 2.45) is 4.99 Å². The van der Waals surface area contributed by atoms with Gasteiger partial charge in [-0.1, -0.05) is 6.42 Å². The highest BCUT2D eigenvalue weighted by Crippen LogP contribution is 2.14. The van der Waals surface area contributed by atoms with Gasteiger partial charge < -0.3 is 15.2 Å². The molecule has 2 rings (SSSR count). The molecule has 2 heterocycles. The van der Waals surface area contributed by atoms with Crippen LogP contribution < -0.4 is 10.6 Å². The first-order chi connectivity index (χ1) is 9.85. The predicted octanol–water partition coefficient (Wildman–Crippen LogP) is 1.12. The molecule has 1 aromatic rings. The summed E-state index contributed by atoms with van der Waals surface area (Å²) in [5, 5.41) is 15.1. The number of rotatable bonds is 5. The molecule has 20 heavy (non-hydrogen) atoms. The Labute approximate surface area is 121 Å². The van der Waals surface area contributed by atoms with Crippen molar-refractivity contribution in [1.29, 1.82) is 0 Å². The number of nitrogens with one attached hydrogen (secondary N) is 2. The van der Waals surface area contributed by atoms with E-state index in [4.69, 9.17) is 0 Å². The van der Waals surface area contributed by atoms with Gasteiger partial charge in [-0.25, -0.2) is 0 Å². The molecule has 0 saturated carbocycles. The number of fused-ring (bicyclic) bond motifs is 1. The van der Waals surface area contributed by atoms with Crippen LogP contribution in [0.5, 0.6) is 0 Å². The first-order valence-electron chi connectivity index (χ1n) is 7.78. The maximum absolute atomic E-state index is 4.56. The van der Waals surface area contributed by atoms with Gasteiger partial charge in [0.15, 0.2) is 5.96 Å². The van der Waals surface area contributed by atoms with E-state index in [1.165, 1.54) is 19.3 Å². The highest BCUT2D eigenvalue weighted by atomic mass is 15.3. The SMILES string of the molecule is CCNC(=NCCc1nnc2n1CCCCC2)NCC. The summed E-state index contributed by atoms with van der Waals surface area (Å²) in [6.45, 7) is 7.72. The second-order valence-electron chi connectivity index (χ2n) is 5.04. The minimum atomic E-state index is 0.744. The third-order valence-corrected chi connectivity index (χ3v) is 3.48. The van der Waals surface area contributed by atoms with Crippen molar-refractivity contribution in [2.45, 2.75) is 52.5 Å². The molecule has 0 radical (unpaired) electrons. The molecule has 0 unspecified atom stereocenters. The van der Waals surface area contributed by atoms with E-state index in [0.29, 0.717) is 0 Å². The van der Waals surface area contributed by atoms with Crippen molar-refractivity contribution < 1.29 is 0 Å². The van der Waals surface area contributed by atoms with Crippen LogP contribution in [0, 0.1) is 0 Å². The van der Waals surface area contributed by atoms with Crippen LogP contribution in [0.2, 0.25) is 0 Å². The normalized spacial score (nSPS) is 14.3. The second-order valence-corrected chi connectivity index (χ2v) is 5.04. The minimum Gasteiger partial charge on any atom is -0.357 e. The van der Waals surface area contributed by atoms with Crippen molar-refractivity contribution in [3.63, 3.8) is 0 Å². The van der Waals surface area contributed by atoms with Crippen molar-refractivity contribution in [2.75, 3.05) is 19.6 Å². The van der Waals surface area contributed by atoms with Crippen LogP contribution in [-0.2, 0) is 19.4 Å². The van der Waals surface area contributed by atoms with Gasteiger partial charge in [-0.2, -0.15) is 0 Å². The maximum Gasteiger partial charge on any atom is 0.191 e. The molecule has 0 saturated heterocycles. The molecule has 6 heteroatoms. The van der Waals surface area contributed by atoms with Gasteiger partial charge in [0.2, 0.25) is 0 Å². The molecule has 0 aliphatic carbocycles. The summed E-state index contributed by atoms with van der Waals surface area (Å²) >= 11 is 0. The Morgan fingerprint density at radius 3 is 2.70 bits per heavy atom. The van der Waals surface area contributed by atoms with Crippen LogP contribution >= 0.6 is 0 Å². The standard InChI is InChI=1S/C14H26N6/c1-3-15-14(16-4-2)17-10-9-13-19-18-12-8-6-5-7-11-20(12)13/h3-11H2,1-2H3,(H2,15,16,17). The Morgan fingerprint density at radius 2 is 1.95 bits per heavy atom. The fraction of sp³-hybridized carbons (Fsp3) is 0.786. The van der Waals surface area contributed by atoms with Gasteiger partial charge in [0.05, 0.1) is 0 Å². The Kier molecular flexibility index (Phi) is 5.83. The lowest BCUT2D eigenvalue weighted by Crippen LogP contribution is -2.37. The molecule has 0 amide bonds. The quantitative estimate of drug-likeness (QED) is 0.626. The Bertz CT molecular complexity index is 429. The lowest BCUT2D eigenvalue weighted by atomic mass is 10.2. The van der Waals surface area contributed by atoms with Gasteiger partial charge in [0.1, 0.15) is 11.6 Å². The van der Waals surface area contributed by atoms with Crippen LogP contribution in [-0.4, -0.2) is 40.4 Å². The molecule has 6 nitrogen and oxygen atoms in total. The van der Waals surface area contributed by atoms with E-state index in [0.717, 1.165) is 56.6 Å². The minimum absolute atomic E-state index is 0.744. The first-order valence-corrected chi connectivity index (χ1v) is 7.78. The largest absolute Gasteiger partial charge is 0.357 e. The fourth-order valence-electron chi connectivity index (χ4n) is 2.51. The highest BCUT2D eigenvalue weighted by Gasteiger charge is 2.13. The van der Waals surface area contributed by atoms with Crippen molar-refractivity contribution in [1.82, 2.24) is 25.4 Å². The zero-order valence-corrected chi connectivity index (χ0v) is 12.7. The Balaban J connectivity index is 1.93. The number of nitrogens with zero attached hydrogens (tertiary/aromatic N) is 4. The van der Waals surface area contributed by atoms with Crippen LogP contribution in [0.3, 0.4) is 0 Å². The van der Waals surface area contributed by atoms with E-state index >= 15 is 0 Å². The summed E-state index contributed by atoms with van der Waals surface area (Å²) in [4.78, 5) is 4.56. The van der Waals surface area contributed by atoms with E-state index in [9.17, 15) is 0 Å². The number of aromatic nitrogens is 3. The number of hydrogen-bond donors (Lipinski definition) is 2. The van der Waals surface area contributed by atoms with Gasteiger partial charge in [0.25, 0.3) is 0 Å². The van der Waals surface area contributed by atoms with Crippen molar-refractivity contribution >= 4 is 5.96 Å². The molecule has 1 aromatic heterocycles. The van der Waals surface area contributed by atoms with Gasteiger partial charge in [-0.15, -0.1) is 10.2 Å². The molecule has 0 bridgehead atoms. The average Bonchev–Trinajstić information content (AvgIpc) is 2.68. The molecule has 0 fully saturated rings. The van der Waals surface area contributed by atoms with Crippen molar-refractivity contribution in [3.05, 3.63) is 11.6 Å². The van der Waals surface area contributed by atoms with Gasteiger partial charge >= 0.3 is 0 Å². The summed E-state index contributed by atoms with van der Waals surface area (Å²) in [5.41, 5.74) is 0. The molecule has 112 valence electrons. The zero-order chi connectivity index (χ0) is 14.2. The summed E-state index contributed by atoms with van der Waals surface area (Å²) in [6.07, 6.45) is 5.69. The third kappa shape index (κ3) is 3.95. The zero-order valence-electron chi connectivity index (χ0n) is 12.7. The van der Waals surface area contributed by atoms with Gasteiger partial charge in [-0.05, 0) is 26.7 Å². The molecule has 0 aromatic carbocycles. The van der Waals surface area contributed by atoms with Crippen LogP contribution in [0.15, 0.2) is 4.99 Å². The summed E-state index contributed by atoms with van der Waals surface area (Å²) in [5.74, 6) is 3.11. The first kappa shape index (κ1) is 14.8. The van der Waals surface area contributed by atoms with Crippen molar-refractivity contribution in [3.8, 4) is 0 Å². The molecule has 0 atom stereocenters. The van der Waals surface area contributed by atoms with Crippen LogP contribution in [0.4, 0.5) is 0 Å². The summed E-state index contributed by atoms with van der Waals surface area (Å²) < 4.78 is 2.29. The van der Waals surface area contributed by atoms with E-state index in [1.807, 2.05) is 0 Å².